The summed E-state index contributed by atoms with van der Waals surface area (Å²) in [5.41, 5.74) is 8.90. The number of halogens is 1. The Morgan fingerprint density at radius 3 is 2.68 bits per heavy atom. The molecule has 0 atom stereocenters. The predicted octanol–water partition coefficient (Wildman–Crippen LogP) is 2.45. The average Bonchev–Trinajstić information content (AvgIpc) is 2.99. The minimum Gasteiger partial charge on any atom is -0.494 e. The molecule has 0 radical (unpaired) electrons. The lowest BCUT2D eigenvalue weighted by Crippen LogP contribution is -2.04. The Kier molecular flexibility index (Phi) is 4.04. The zero-order valence-corrected chi connectivity index (χ0v) is 12.7. The van der Waals surface area contributed by atoms with Gasteiger partial charge in [0.1, 0.15) is 17.1 Å². The smallest absolute Gasteiger partial charge is 0.144 e. The number of hydrogen-bond acceptors (Lipinski definition) is 5. The molecule has 2 N–H and O–H groups in total. The number of nitrogens with two attached hydrogens (primary N) is 1. The van der Waals surface area contributed by atoms with Crippen LogP contribution in [0.2, 0.25) is 5.02 Å². The van der Waals surface area contributed by atoms with E-state index >= 15 is 0 Å². The van der Waals surface area contributed by atoms with E-state index in [0.717, 1.165) is 11.3 Å². The van der Waals surface area contributed by atoms with Gasteiger partial charge in [0.25, 0.3) is 0 Å². The highest BCUT2D eigenvalue weighted by Crippen LogP contribution is 2.31. The fourth-order valence-electron chi connectivity index (χ4n) is 2.25. The van der Waals surface area contributed by atoms with Crippen LogP contribution in [0.4, 0.5) is 0 Å². The summed E-state index contributed by atoms with van der Waals surface area (Å²) >= 11 is 6.11. The Morgan fingerprint density at radius 1 is 1.23 bits per heavy atom. The van der Waals surface area contributed by atoms with E-state index in [1.54, 1.807) is 42.4 Å². The number of benzene rings is 1. The highest BCUT2D eigenvalue weighted by atomic mass is 35.5. The van der Waals surface area contributed by atoms with Crippen molar-refractivity contribution >= 4 is 11.6 Å². The number of methoxy groups -OCH3 is 1. The Balaban J connectivity index is 2.25. The summed E-state index contributed by atoms with van der Waals surface area (Å²) in [6, 6.07) is 9.09. The van der Waals surface area contributed by atoms with Gasteiger partial charge in [-0.3, -0.25) is 4.98 Å². The lowest BCUT2D eigenvalue weighted by atomic mass is 10.1. The van der Waals surface area contributed by atoms with Gasteiger partial charge in [0.2, 0.25) is 0 Å². The van der Waals surface area contributed by atoms with Crippen LogP contribution in [0.3, 0.4) is 0 Å². The number of hydrogen-bond donors (Lipinski definition) is 1. The molecule has 0 aliphatic rings. The van der Waals surface area contributed by atoms with Gasteiger partial charge in [0.15, 0.2) is 0 Å². The third kappa shape index (κ3) is 2.54. The van der Waals surface area contributed by atoms with Crippen LogP contribution in [-0.4, -0.2) is 27.1 Å². The van der Waals surface area contributed by atoms with E-state index in [1.165, 1.54) is 0 Å². The van der Waals surface area contributed by atoms with E-state index in [-0.39, 0.29) is 6.54 Å². The SMILES string of the molecule is COc1ccc(Cl)cc1-n1nnc(CN)c1-c1ccncc1. The van der Waals surface area contributed by atoms with Gasteiger partial charge >= 0.3 is 0 Å². The molecule has 3 rings (SSSR count). The highest BCUT2D eigenvalue weighted by Gasteiger charge is 2.18. The number of pyridine rings is 1. The van der Waals surface area contributed by atoms with Gasteiger partial charge in [-0.05, 0) is 30.3 Å². The van der Waals surface area contributed by atoms with Gasteiger partial charge < -0.3 is 10.5 Å². The zero-order valence-electron chi connectivity index (χ0n) is 11.9. The van der Waals surface area contributed by atoms with Crippen molar-refractivity contribution in [2.45, 2.75) is 6.54 Å². The molecule has 0 aliphatic heterocycles. The molecule has 112 valence electrons. The van der Waals surface area contributed by atoms with E-state index in [0.29, 0.717) is 22.2 Å². The number of aromatic nitrogens is 4. The minimum atomic E-state index is 0.278. The molecule has 0 spiro atoms. The van der Waals surface area contributed by atoms with Crippen molar-refractivity contribution in [3.05, 3.63) is 53.4 Å². The monoisotopic (exact) mass is 315 g/mol. The molecular formula is C15H14ClN5O. The molecule has 0 unspecified atom stereocenters. The predicted molar refractivity (Wildman–Crippen MR) is 84.0 cm³/mol. The standard InChI is InChI=1S/C15H14ClN5O/c1-22-14-3-2-11(16)8-13(14)21-15(12(9-17)19-20-21)10-4-6-18-7-5-10/h2-8H,9,17H2,1H3. The first-order valence-corrected chi connectivity index (χ1v) is 7.01. The largest absolute Gasteiger partial charge is 0.494 e. The minimum absolute atomic E-state index is 0.278. The molecule has 0 aliphatic carbocycles. The lowest BCUT2D eigenvalue weighted by molar-refractivity contribution is 0.411. The molecule has 3 aromatic rings. The first-order valence-electron chi connectivity index (χ1n) is 6.63. The van der Waals surface area contributed by atoms with Crippen LogP contribution in [0.25, 0.3) is 16.9 Å². The molecule has 6 nitrogen and oxygen atoms in total. The molecule has 2 aromatic heterocycles. The molecule has 22 heavy (non-hydrogen) atoms. The number of nitrogens with zero attached hydrogens (tertiary/aromatic N) is 4. The van der Waals surface area contributed by atoms with Crippen LogP contribution in [0.15, 0.2) is 42.7 Å². The van der Waals surface area contributed by atoms with Crippen LogP contribution >= 0.6 is 11.6 Å². The van der Waals surface area contributed by atoms with Crippen molar-refractivity contribution < 1.29 is 4.74 Å². The van der Waals surface area contributed by atoms with E-state index < -0.39 is 0 Å². The van der Waals surface area contributed by atoms with Gasteiger partial charge in [-0.1, -0.05) is 16.8 Å². The number of ether oxygens (including phenoxy) is 1. The first kappa shape index (κ1) is 14.5. The molecule has 0 bridgehead atoms. The average molecular weight is 316 g/mol. The molecule has 0 saturated carbocycles. The summed E-state index contributed by atoms with van der Waals surface area (Å²) in [6.07, 6.45) is 3.42. The van der Waals surface area contributed by atoms with Crippen LogP contribution < -0.4 is 10.5 Å². The van der Waals surface area contributed by atoms with Crippen LogP contribution in [0, 0.1) is 0 Å². The van der Waals surface area contributed by atoms with Gasteiger partial charge in [-0.15, -0.1) is 5.10 Å². The summed E-state index contributed by atoms with van der Waals surface area (Å²) in [5.74, 6) is 0.646. The van der Waals surface area contributed by atoms with Gasteiger partial charge in [-0.2, -0.15) is 0 Å². The molecule has 1 aromatic carbocycles. The third-order valence-corrected chi connectivity index (χ3v) is 3.49. The van der Waals surface area contributed by atoms with Crippen molar-refractivity contribution in [2.24, 2.45) is 5.73 Å². The second-order valence-electron chi connectivity index (χ2n) is 4.55. The van der Waals surface area contributed by atoms with E-state index in [9.17, 15) is 0 Å². The Labute approximate surface area is 132 Å². The third-order valence-electron chi connectivity index (χ3n) is 3.26. The first-order chi connectivity index (χ1) is 10.7. The van der Waals surface area contributed by atoms with Crippen LogP contribution in [0.5, 0.6) is 5.75 Å². The Hall–Kier alpha value is -2.44. The Morgan fingerprint density at radius 2 is 2.00 bits per heavy atom. The summed E-state index contributed by atoms with van der Waals surface area (Å²) in [5, 5.41) is 8.96. The van der Waals surface area contributed by atoms with Gasteiger partial charge in [-0.25, -0.2) is 4.68 Å². The molecule has 0 saturated heterocycles. The molecule has 7 heteroatoms. The Bertz CT molecular complexity index is 788. The summed E-state index contributed by atoms with van der Waals surface area (Å²) in [7, 11) is 1.60. The number of rotatable bonds is 4. The maximum absolute atomic E-state index is 6.11. The van der Waals surface area contributed by atoms with Crippen molar-refractivity contribution in [3.8, 4) is 22.7 Å². The van der Waals surface area contributed by atoms with E-state index in [1.807, 2.05) is 12.1 Å². The van der Waals surface area contributed by atoms with Crippen LogP contribution in [-0.2, 0) is 6.54 Å². The van der Waals surface area contributed by atoms with Crippen molar-refractivity contribution in [2.75, 3.05) is 7.11 Å². The summed E-state index contributed by atoms with van der Waals surface area (Å²) < 4.78 is 7.08. The van der Waals surface area contributed by atoms with Gasteiger partial charge in [0, 0.05) is 29.5 Å². The highest BCUT2D eigenvalue weighted by molar-refractivity contribution is 6.30. The maximum atomic E-state index is 6.11. The van der Waals surface area contributed by atoms with Gasteiger partial charge in [0.05, 0.1) is 12.8 Å². The van der Waals surface area contributed by atoms with E-state index in [2.05, 4.69) is 15.3 Å². The normalized spacial score (nSPS) is 10.7. The van der Waals surface area contributed by atoms with E-state index in [4.69, 9.17) is 22.1 Å². The fourth-order valence-corrected chi connectivity index (χ4v) is 2.41. The van der Waals surface area contributed by atoms with Crippen molar-refractivity contribution in [3.63, 3.8) is 0 Å². The quantitative estimate of drug-likeness (QED) is 0.800. The molecule has 0 amide bonds. The molecular weight excluding hydrogens is 302 g/mol. The second kappa shape index (κ2) is 6.13. The van der Waals surface area contributed by atoms with Crippen molar-refractivity contribution in [1.82, 2.24) is 20.0 Å². The molecule has 0 fully saturated rings. The second-order valence-corrected chi connectivity index (χ2v) is 4.99. The lowest BCUT2D eigenvalue weighted by Gasteiger charge is -2.12. The van der Waals surface area contributed by atoms with Crippen LogP contribution in [0.1, 0.15) is 5.69 Å². The summed E-state index contributed by atoms with van der Waals surface area (Å²) in [6.45, 7) is 0.278. The molecule has 2 heterocycles. The summed E-state index contributed by atoms with van der Waals surface area (Å²) in [4.78, 5) is 4.03. The topological polar surface area (TPSA) is 78.8 Å². The van der Waals surface area contributed by atoms with Crippen molar-refractivity contribution in [1.29, 1.82) is 0 Å². The zero-order chi connectivity index (χ0) is 15.5. The maximum Gasteiger partial charge on any atom is 0.144 e. The fraction of sp³-hybridized carbons (Fsp3) is 0.133.